The highest BCUT2D eigenvalue weighted by Crippen LogP contribution is 2.23. The summed E-state index contributed by atoms with van der Waals surface area (Å²) in [6, 6.07) is 4.62. The lowest BCUT2D eigenvalue weighted by molar-refractivity contribution is 0.112. The molecule has 3 nitrogen and oxygen atoms in total. The van der Waals surface area contributed by atoms with Crippen molar-refractivity contribution >= 4 is 6.29 Å². The zero-order valence-corrected chi connectivity index (χ0v) is 8.81. The molecule has 1 aromatic carbocycles. The van der Waals surface area contributed by atoms with Crippen molar-refractivity contribution in [1.29, 1.82) is 0 Å². The number of hydrogen-bond acceptors (Lipinski definition) is 3. The van der Waals surface area contributed by atoms with Crippen LogP contribution in [-0.2, 0) is 0 Å². The summed E-state index contributed by atoms with van der Waals surface area (Å²) in [7, 11) is 0. The third-order valence-corrected chi connectivity index (χ3v) is 1.91. The number of hydrogen-bond donors (Lipinski definition) is 1. The van der Waals surface area contributed by atoms with Gasteiger partial charge in [0.2, 0.25) is 0 Å². The fourth-order valence-electron chi connectivity index (χ4n) is 1.22. The molecule has 0 bridgehead atoms. The average Bonchev–Trinajstić information content (AvgIpc) is 2.18. The van der Waals surface area contributed by atoms with Gasteiger partial charge in [0.25, 0.3) is 0 Å². The molecule has 0 saturated heterocycles. The number of ether oxygens (including phenoxy) is 1. The Morgan fingerprint density at radius 3 is 2.73 bits per heavy atom. The van der Waals surface area contributed by atoms with E-state index in [4.69, 9.17) is 4.74 Å². The summed E-state index contributed by atoms with van der Waals surface area (Å²) >= 11 is 0. The summed E-state index contributed by atoms with van der Waals surface area (Å²) < 4.78 is 5.47. The number of aromatic hydroxyl groups is 1. The molecule has 1 N–H and O–H groups in total. The van der Waals surface area contributed by atoms with Gasteiger partial charge in [0, 0.05) is 6.07 Å². The molecule has 0 heterocycles. The van der Waals surface area contributed by atoms with Gasteiger partial charge in [-0.2, -0.15) is 0 Å². The quantitative estimate of drug-likeness (QED) is 0.608. The smallest absolute Gasteiger partial charge is 0.153 e. The lowest BCUT2D eigenvalue weighted by Crippen LogP contribution is -2.07. The fourth-order valence-corrected chi connectivity index (χ4v) is 1.22. The van der Waals surface area contributed by atoms with E-state index in [9.17, 15) is 9.90 Å². The number of aldehydes is 1. The highest BCUT2D eigenvalue weighted by atomic mass is 16.5. The van der Waals surface area contributed by atoms with E-state index in [2.05, 4.69) is 0 Å². The van der Waals surface area contributed by atoms with Crippen molar-refractivity contribution < 1.29 is 14.6 Å². The Labute approximate surface area is 89.0 Å². The number of benzene rings is 1. The second-order valence-electron chi connectivity index (χ2n) is 3.19. The molecule has 3 heteroatoms. The number of phenolic OH excluding ortho intramolecular Hbond substituents is 1. The van der Waals surface area contributed by atoms with E-state index >= 15 is 0 Å². The van der Waals surface area contributed by atoms with Gasteiger partial charge in [0.15, 0.2) is 6.29 Å². The normalized spacial score (nSPS) is 12.7. The fraction of sp³-hybridized carbons (Fsp3) is 0.250. The largest absolute Gasteiger partial charge is 0.507 e. The third-order valence-electron chi connectivity index (χ3n) is 1.91. The van der Waals surface area contributed by atoms with Crippen molar-refractivity contribution in [2.75, 3.05) is 0 Å². The summed E-state index contributed by atoms with van der Waals surface area (Å²) in [6.45, 7) is 3.80. The zero-order chi connectivity index (χ0) is 11.3. The molecule has 0 radical (unpaired) electrons. The van der Waals surface area contributed by atoms with Crippen LogP contribution in [0.4, 0.5) is 0 Å². The van der Waals surface area contributed by atoms with Crippen LogP contribution in [0.1, 0.15) is 24.2 Å². The van der Waals surface area contributed by atoms with Crippen LogP contribution < -0.4 is 4.74 Å². The van der Waals surface area contributed by atoms with E-state index in [1.807, 2.05) is 26.0 Å². The molecule has 0 aliphatic heterocycles. The van der Waals surface area contributed by atoms with Crippen molar-refractivity contribution in [3.05, 3.63) is 35.9 Å². The molecule has 1 atom stereocenters. The maximum absolute atomic E-state index is 10.5. The summed E-state index contributed by atoms with van der Waals surface area (Å²) in [5.74, 6) is 0.485. The molecule has 0 aromatic heterocycles. The number of carbonyl (C=O) groups excluding carboxylic acids is 1. The molecule has 0 aliphatic carbocycles. The van der Waals surface area contributed by atoms with Gasteiger partial charge in [-0.3, -0.25) is 4.79 Å². The van der Waals surface area contributed by atoms with E-state index in [-0.39, 0.29) is 17.4 Å². The summed E-state index contributed by atoms with van der Waals surface area (Å²) in [6.07, 6.45) is 4.33. The Morgan fingerprint density at radius 1 is 1.47 bits per heavy atom. The first-order chi connectivity index (χ1) is 7.17. The van der Waals surface area contributed by atoms with Crippen molar-refractivity contribution in [3.8, 4) is 11.5 Å². The lowest BCUT2D eigenvalue weighted by Gasteiger charge is -2.11. The van der Waals surface area contributed by atoms with Gasteiger partial charge in [-0.15, -0.1) is 0 Å². The van der Waals surface area contributed by atoms with Crippen molar-refractivity contribution in [2.24, 2.45) is 0 Å². The lowest BCUT2D eigenvalue weighted by atomic mass is 10.2. The average molecular weight is 206 g/mol. The van der Waals surface area contributed by atoms with Crippen LogP contribution in [0.25, 0.3) is 0 Å². The van der Waals surface area contributed by atoms with E-state index < -0.39 is 0 Å². The molecule has 80 valence electrons. The molecule has 1 rings (SSSR count). The van der Waals surface area contributed by atoms with Gasteiger partial charge in [-0.1, -0.05) is 6.08 Å². The predicted octanol–water partition coefficient (Wildman–Crippen LogP) is 2.55. The van der Waals surface area contributed by atoms with Crippen LogP contribution >= 0.6 is 0 Å². The van der Waals surface area contributed by atoms with Gasteiger partial charge in [0.1, 0.15) is 17.6 Å². The molecule has 0 aliphatic rings. The highest BCUT2D eigenvalue weighted by Gasteiger charge is 2.04. The van der Waals surface area contributed by atoms with Crippen molar-refractivity contribution in [3.63, 3.8) is 0 Å². The first-order valence-electron chi connectivity index (χ1n) is 4.75. The van der Waals surface area contributed by atoms with Gasteiger partial charge in [-0.25, -0.2) is 0 Å². The number of allylic oxidation sites excluding steroid dienone is 1. The molecule has 0 fully saturated rings. The molecular weight excluding hydrogens is 192 g/mol. The Bertz CT molecular complexity index is 369. The summed E-state index contributed by atoms with van der Waals surface area (Å²) in [5.41, 5.74) is 0.265. The van der Waals surface area contributed by atoms with Crippen molar-refractivity contribution in [1.82, 2.24) is 0 Å². The highest BCUT2D eigenvalue weighted by molar-refractivity contribution is 5.79. The van der Waals surface area contributed by atoms with E-state index in [0.29, 0.717) is 12.0 Å². The zero-order valence-electron chi connectivity index (χ0n) is 8.81. The Balaban J connectivity index is 2.79. The van der Waals surface area contributed by atoms with Gasteiger partial charge < -0.3 is 9.84 Å². The maximum atomic E-state index is 10.5. The Hall–Kier alpha value is -1.77. The van der Waals surface area contributed by atoms with E-state index in [1.54, 1.807) is 6.07 Å². The van der Waals surface area contributed by atoms with Gasteiger partial charge in [0.05, 0.1) is 5.56 Å². The molecule has 0 spiro atoms. The minimum absolute atomic E-state index is 0.0588. The summed E-state index contributed by atoms with van der Waals surface area (Å²) in [4.78, 5) is 10.5. The van der Waals surface area contributed by atoms with Gasteiger partial charge >= 0.3 is 0 Å². The summed E-state index contributed by atoms with van der Waals surface area (Å²) in [5, 5.41) is 9.40. The molecule has 1 unspecified atom stereocenters. The number of carbonyl (C=O) groups is 1. The Kier molecular flexibility index (Phi) is 3.92. The van der Waals surface area contributed by atoms with E-state index in [0.717, 1.165) is 0 Å². The molecule has 0 saturated carbocycles. The van der Waals surface area contributed by atoms with Gasteiger partial charge in [-0.05, 0) is 32.1 Å². The third kappa shape index (κ3) is 3.13. The van der Waals surface area contributed by atoms with Crippen LogP contribution in [0.2, 0.25) is 0 Å². The first kappa shape index (κ1) is 11.3. The Morgan fingerprint density at radius 2 is 2.20 bits per heavy atom. The van der Waals surface area contributed by atoms with Crippen molar-refractivity contribution in [2.45, 2.75) is 20.0 Å². The minimum atomic E-state index is -0.0600. The van der Waals surface area contributed by atoms with Crippen LogP contribution in [0.15, 0.2) is 30.4 Å². The number of phenols is 1. The van der Waals surface area contributed by atoms with Crippen LogP contribution in [0.3, 0.4) is 0 Å². The molecular formula is C12H14O3. The van der Waals surface area contributed by atoms with E-state index in [1.165, 1.54) is 12.1 Å². The van der Waals surface area contributed by atoms with Crippen LogP contribution in [0.5, 0.6) is 11.5 Å². The standard InChI is InChI=1S/C12H14O3/c1-3-4-9(2)15-11-6-5-10(8-13)12(14)7-11/h3-9,14H,1-2H3. The number of rotatable bonds is 4. The topological polar surface area (TPSA) is 46.5 Å². The minimum Gasteiger partial charge on any atom is -0.507 e. The van der Waals surface area contributed by atoms with Crippen LogP contribution in [0, 0.1) is 0 Å². The predicted molar refractivity (Wildman–Crippen MR) is 58.4 cm³/mol. The van der Waals surface area contributed by atoms with Crippen LogP contribution in [-0.4, -0.2) is 17.5 Å². The molecule has 1 aromatic rings. The first-order valence-corrected chi connectivity index (χ1v) is 4.75. The second-order valence-corrected chi connectivity index (χ2v) is 3.19. The monoisotopic (exact) mass is 206 g/mol. The molecule has 15 heavy (non-hydrogen) atoms. The maximum Gasteiger partial charge on any atom is 0.153 e. The second kappa shape index (κ2) is 5.20. The molecule has 0 amide bonds. The SMILES string of the molecule is CC=CC(C)Oc1ccc(C=O)c(O)c1.